The molecule has 1 aromatic heterocycles. The lowest BCUT2D eigenvalue weighted by atomic mass is 9.95. The second-order valence-electron chi connectivity index (χ2n) is 5.11. The van der Waals surface area contributed by atoms with Gasteiger partial charge in [-0.1, -0.05) is 13.8 Å². The van der Waals surface area contributed by atoms with E-state index in [-0.39, 0.29) is 16.3 Å². The van der Waals surface area contributed by atoms with Gasteiger partial charge in [0.25, 0.3) is 5.91 Å². The van der Waals surface area contributed by atoms with Crippen molar-refractivity contribution in [2.75, 3.05) is 0 Å². The standard InChI is InChI=1S/C13H23N3O3S/c1-5-13(4,6-2)15-12(17)11-8-10(20(14,18)19)9-16(11)7-3/h8-9H,5-7H2,1-4H3,(H,15,17)(H2,14,18,19). The zero-order valence-electron chi connectivity index (χ0n) is 12.4. The zero-order chi connectivity index (χ0) is 15.6. The maximum absolute atomic E-state index is 12.3. The summed E-state index contributed by atoms with van der Waals surface area (Å²) in [5.41, 5.74) is 0.00597. The molecule has 1 aromatic rings. The van der Waals surface area contributed by atoms with Crippen molar-refractivity contribution < 1.29 is 13.2 Å². The van der Waals surface area contributed by atoms with Gasteiger partial charge in [-0.2, -0.15) is 0 Å². The van der Waals surface area contributed by atoms with Crippen molar-refractivity contribution >= 4 is 15.9 Å². The number of aromatic nitrogens is 1. The van der Waals surface area contributed by atoms with Crippen molar-refractivity contribution in [2.45, 2.75) is 57.5 Å². The Morgan fingerprint density at radius 2 is 1.90 bits per heavy atom. The van der Waals surface area contributed by atoms with Crippen LogP contribution in [0.15, 0.2) is 17.2 Å². The number of primary sulfonamides is 1. The number of aryl methyl sites for hydroxylation is 1. The number of sulfonamides is 1. The molecular weight excluding hydrogens is 278 g/mol. The van der Waals surface area contributed by atoms with Crippen LogP contribution < -0.4 is 10.5 Å². The number of amides is 1. The molecular formula is C13H23N3O3S. The summed E-state index contributed by atoms with van der Waals surface area (Å²) in [6.07, 6.45) is 2.98. The van der Waals surface area contributed by atoms with Gasteiger partial charge < -0.3 is 9.88 Å². The van der Waals surface area contributed by atoms with Gasteiger partial charge in [0.2, 0.25) is 10.0 Å². The molecule has 0 aliphatic carbocycles. The van der Waals surface area contributed by atoms with Crippen LogP contribution in [0.25, 0.3) is 0 Å². The topological polar surface area (TPSA) is 94.2 Å². The third-order valence-electron chi connectivity index (χ3n) is 3.75. The Kier molecular flexibility index (Phi) is 4.99. The van der Waals surface area contributed by atoms with Gasteiger partial charge in [0.1, 0.15) is 10.6 Å². The highest BCUT2D eigenvalue weighted by atomic mass is 32.2. The van der Waals surface area contributed by atoms with Gasteiger partial charge in [-0.25, -0.2) is 13.6 Å². The predicted molar refractivity (Wildman–Crippen MR) is 77.9 cm³/mol. The molecule has 1 heterocycles. The first-order valence-corrected chi connectivity index (χ1v) is 8.27. The van der Waals surface area contributed by atoms with Gasteiger partial charge >= 0.3 is 0 Å². The second kappa shape index (κ2) is 5.97. The Morgan fingerprint density at radius 3 is 2.30 bits per heavy atom. The molecule has 1 rings (SSSR count). The van der Waals surface area contributed by atoms with Crippen LogP contribution in [0, 0.1) is 0 Å². The highest BCUT2D eigenvalue weighted by Gasteiger charge is 2.25. The van der Waals surface area contributed by atoms with Gasteiger partial charge in [-0.3, -0.25) is 4.79 Å². The van der Waals surface area contributed by atoms with E-state index in [1.165, 1.54) is 12.3 Å². The highest BCUT2D eigenvalue weighted by Crippen LogP contribution is 2.17. The third kappa shape index (κ3) is 3.61. The van der Waals surface area contributed by atoms with Crippen molar-refractivity contribution in [2.24, 2.45) is 5.14 Å². The summed E-state index contributed by atoms with van der Waals surface area (Å²) in [4.78, 5) is 12.3. The molecule has 0 aliphatic rings. The van der Waals surface area contributed by atoms with E-state index in [0.717, 1.165) is 12.8 Å². The van der Waals surface area contributed by atoms with Crippen LogP contribution in [-0.2, 0) is 16.6 Å². The maximum atomic E-state index is 12.3. The molecule has 0 aromatic carbocycles. The summed E-state index contributed by atoms with van der Waals surface area (Å²) in [5, 5.41) is 8.05. The molecule has 0 bridgehead atoms. The monoisotopic (exact) mass is 301 g/mol. The lowest BCUT2D eigenvalue weighted by Crippen LogP contribution is -2.45. The number of carbonyl (C=O) groups is 1. The van der Waals surface area contributed by atoms with Crippen molar-refractivity contribution in [3.05, 3.63) is 18.0 Å². The largest absolute Gasteiger partial charge is 0.346 e. The van der Waals surface area contributed by atoms with Crippen LogP contribution in [0.2, 0.25) is 0 Å². The number of nitrogens with zero attached hydrogens (tertiary/aromatic N) is 1. The quantitative estimate of drug-likeness (QED) is 0.833. The van der Waals surface area contributed by atoms with E-state index >= 15 is 0 Å². The summed E-state index contributed by atoms with van der Waals surface area (Å²) >= 11 is 0. The minimum Gasteiger partial charge on any atom is -0.346 e. The molecule has 0 saturated heterocycles. The molecule has 6 nitrogen and oxygen atoms in total. The lowest BCUT2D eigenvalue weighted by Gasteiger charge is -2.28. The van der Waals surface area contributed by atoms with Crippen molar-refractivity contribution in [3.8, 4) is 0 Å². The van der Waals surface area contributed by atoms with Crippen LogP contribution >= 0.6 is 0 Å². The molecule has 0 radical (unpaired) electrons. The highest BCUT2D eigenvalue weighted by molar-refractivity contribution is 7.89. The Bertz CT molecular complexity index is 586. The summed E-state index contributed by atoms with van der Waals surface area (Å²) in [7, 11) is -3.80. The molecule has 1 amide bonds. The molecule has 114 valence electrons. The van der Waals surface area contributed by atoms with Crippen molar-refractivity contribution in [1.29, 1.82) is 0 Å². The Balaban J connectivity index is 3.13. The van der Waals surface area contributed by atoms with Crippen LogP contribution in [0.5, 0.6) is 0 Å². The Morgan fingerprint density at radius 1 is 1.35 bits per heavy atom. The number of hydrogen-bond acceptors (Lipinski definition) is 3. The maximum Gasteiger partial charge on any atom is 0.268 e. The number of nitrogens with two attached hydrogens (primary N) is 1. The lowest BCUT2D eigenvalue weighted by molar-refractivity contribution is 0.0891. The van der Waals surface area contributed by atoms with Crippen LogP contribution in [0.3, 0.4) is 0 Å². The van der Waals surface area contributed by atoms with E-state index in [0.29, 0.717) is 12.2 Å². The molecule has 0 aliphatic heterocycles. The fourth-order valence-electron chi connectivity index (χ4n) is 1.86. The van der Waals surface area contributed by atoms with Crippen LogP contribution in [0.1, 0.15) is 51.0 Å². The summed E-state index contributed by atoms with van der Waals surface area (Å²) in [6.45, 7) is 8.29. The first-order chi connectivity index (χ1) is 9.16. The average molecular weight is 301 g/mol. The smallest absolute Gasteiger partial charge is 0.268 e. The average Bonchev–Trinajstić information content (AvgIpc) is 2.82. The molecule has 20 heavy (non-hydrogen) atoms. The van der Waals surface area contributed by atoms with E-state index in [1.807, 2.05) is 27.7 Å². The molecule has 0 atom stereocenters. The summed E-state index contributed by atoms with van der Waals surface area (Å²) in [5.74, 6) is -0.284. The predicted octanol–water partition coefficient (Wildman–Crippen LogP) is 1.46. The number of carbonyl (C=O) groups excluding carboxylic acids is 1. The minimum absolute atomic E-state index is 0.0424. The summed E-state index contributed by atoms with van der Waals surface area (Å²) in [6, 6.07) is 1.32. The van der Waals surface area contributed by atoms with Crippen LogP contribution in [0.4, 0.5) is 0 Å². The minimum atomic E-state index is -3.80. The third-order valence-corrected chi connectivity index (χ3v) is 4.63. The second-order valence-corrected chi connectivity index (χ2v) is 6.68. The van der Waals surface area contributed by atoms with Gasteiger partial charge in [-0.15, -0.1) is 0 Å². The van der Waals surface area contributed by atoms with E-state index in [4.69, 9.17) is 5.14 Å². The van der Waals surface area contributed by atoms with Crippen LogP contribution in [-0.4, -0.2) is 24.4 Å². The molecule has 0 unspecified atom stereocenters. The van der Waals surface area contributed by atoms with Gasteiger partial charge in [0.05, 0.1) is 0 Å². The van der Waals surface area contributed by atoms with Crippen molar-refractivity contribution in [1.82, 2.24) is 9.88 Å². The van der Waals surface area contributed by atoms with E-state index in [2.05, 4.69) is 5.32 Å². The molecule has 0 fully saturated rings. The molecule has 3 N–H and O–H groups in total. The molecule has 0 saturated carbocycles. The molecule has 7 heteroatoms. The SMILES string of the molecule is CCn1cc(S(N)(=O)=O)cc1C(=O)NC(C)(CC)CC. The first-order valence-electron chi connectivity index (χ1n) is 6.72. The number of hydrogen-bond donors (Lipinski definition) is 2. The molecule has 0 spiro atoms. The first kappa shape index (κ1) is 16.7. The summed E-state index contributed by atoms with van der Waals surface area (Å²) < 4.78 is 24.3. The van der Waals surface area contributed by atoms with Gasteiger partial charge in [0.15, 0.2) is 0 Å². The fraction of sp³-hybridized carbons (Fsp3) is 0.615. The van der Waals surface area contributed by atoms with E-state index in [9.17, 15) is 13.2 Å². The normalized spacial score (nSPS) is 12.4. The van der Waals surface area contributed by atoms with Gasteiger partial charge in [0, 0.05) is 18.3 Å². The van der Waals surface area contributed by atoms with E-state index < -0.39 is 10.0 Å². The van der Waals surface area contributed by atoms with Gasteiger partial charge in [-0.05, 0) is 32.8 Å². The fourth-order valence-corrected chi connectivity index (χ4v) is 2.41. The number of rotatable bonds is 6. The Hall–Kier alpha value is -1.34. The Labute approximate surface area is 120 Å². The van der Waals surface area contributed by atoms with Crippen molar-refractivity contribution in [3.63, 3.8) is 0 Å². The van der Waals surface area contributed by atoms with E-state index in [1.54, 1.807) is 4.57 Å². The number of nitrogens with one attached hydrogen (secondary N) is 1. The zero-order valence-corrected chi connectivity index (χ0v) is 13.3.